The summed E-state index contributed by atoms with van der Waals surface area (Å²) in [5.74, 6) is -0.786. The van der Waals surface area contributed by atoms with E-state index in [4.69, 9.17) is 0 Å². The van der Waals surface area contributed by atoms with Gasteiger partial charge in [-0.1, -0.05) is 48.5 Å². The third kappa shape index (κ3) is 4.55. The Labute approximate surface area is 182 Å². The number of para-hydroxylation sites is 1. The van der Waals surface area contributed by atoms with Crippen molar-refractivity contribution in [3.05, 3.63) is 65.7 Å². The summed E-state index contributed by atoms with van der Waals surface area (Å²) in [4.78, 5) is 42.0. The Morgan fingerprint density at radius 3 is 2.55 bits per heavy atom. The molecule has 7 heteroatoms. The van der Waals surface area contributed by atoms with Crippen LogP contribution >= 0.6 is 0 Å². The van der Waals surface area contributed by atoms with Gasteiger partial charge in [0.15, 0.2) is 0 Å². The Morgan fingerprint density at radius 2 is 1.74 bits per heavy atom. The van der Waals surface area contributed by atoms with Gasteiger partial charge in [-0.15, -0.1) is 0 Å². The van der Waals surface area contributed by atoms with Crippen molar-refractivity contribution in [3.8, 4) is 0 Å². The van der Waals surface area contributed by atoms with Crippen LogP contribution in [0.5, 0.6) is 0 Å². The lowest BCUT2D eigenvalue weighted by atomic mass is 9.99. The van der Waals surface area contributed by atoms with Gasteiger partial charge in [0, 0.05) is 32.4 Å². The second-order valence-electron chi connectivity index (χ2n) is 8.16. The van der Waals surface area contributed by atoms with E-state index < -0.39 is 6.04 Å². The van der Waals surface area contributed by atoms with Crippen LogP contribution in [0.4, 0.5) is 5.69 Å². The average Bonchev–Trinajstić information content (AvgIpc) is 3.42. The monoisotopic (exact) mass is 420 g/mol. The predicted octanol–water partition coefficient (Wildman–Crippen LogP) is 1.64. The number of anilines is 1. The number of carbonyl (C=O) groups is 3. The molecule has 1 saturated heterocycles. The van der Waals surface area contributed by atoms with Gasteiger partial charge in [0.05, 0.1) is 12.5 Å². The third-order valence-electron chi connectivity index (χ3n) is 6.07. The molecule has 0 saturated carbocycles. The van der Waals surface area contributed by atoms with Gasteiger partial charge in [-0.05, 0) is 30.0 Å². The number of likely N-dealkylation sites (N-methyl/N-ethyl adjacent to an activating group) is 1. The molecular formula is C24H28N4O3. The minimum Gasteiger partial charge on any atom is -0.373 e. The maximum absolute atomic E-state index is 13.3. The van der Waals surface area contributed by atoms with E-state index in [0.717, 1.165) is 23.2 Å². The molecule has 2 atom stereocenters. The fourth-order valence-electron chi connectivity index (χ4n) is 4.46. The van der Waals surface area contributed by atoms with Crippen LogP contribution in [-0.4, -0.2) is 55.3 Å². The normalized spacial score (nSPS) is 19.8. The minimum atomic E-state index is -0.521. The zero-order valence-corrected chi connectivity index (χ0v) is 17.7. The van der Waals surface area contributed by atoms with Crippen molar-refractivity contribution in [2.24, 2.45) is 0 Å². The topological polar surface area (TPSA) is 81.8 Å². The highest BCUT2D eigenvalue weighted by atomic mass is 16.2. The number of hydrogen-bond donors (Lipinski definition) is 2. The third-order valence-corrected chi connectivity index (χ3v) is 6.07. The van der Waals surface area contributed by atoms with Crippen LogP contribution in [0, 0.1) is 0 Å². The van der Waals surface area contributed by atoms with E-state index in [-0.39, 0.29) is 30.2 Å². The summed E-state index contributed by atoms with van der Waals surface area (Å²) < 4.78 is 0. The van der Waals surface area contributed by atoms with E-state index in [1.165, 1.54) is 0 Å². The van der Waals surface area contributed by atoms with Gasteiger partial charge in [0.25, 0.3) is 0 Å². The number of likely N-dealkylation sites (tertiary alicyclic amines) is 1. The first kappa shape index (κ1) is 20.9. The van der Waals surface area contributed by atoms with E-state index >= 15 is 0 Å². The van der Waals surface area contributed by atoms with E-state index in [9.17, 15) is 14.4 Å². The zero-order valence-electron chi connectivity index (χ0n) is 17.7. The molecule has 0 bridgehead atoms. The quantitative estimate of drug-likeness (QED) is 0.745. The Balaban J connectivity index is 1.32. The first-order chi connectivity index (χ1) is 15.0. The fourth-order valence-corrected chi connectivity index (χ4v) is 4.46. The molecule has 2 aromatic rings. The van der Waals surface area contributed by atoms with Crippen LogP contribution in [0.3, 0.4) is 0 Å². The largest absolute Gasteiger partial charge is 0.373 e. The van der Waals surface area contributed by atoms with Crippen LogP contribution < -0.4 is 15.5 Å². The Bertz CT molecular complexity index is 962. The van der Waals surface area contributed by atoms with E-state index in [1.807, 2.05) is 61.6 Å². The van der Waals surface area contributed by atoms with E-state index in [1.54, 1.807) is 4.90 Å². The number of amides is 3. The molecule has 1 fully saturated rings. The molecule has 2 N–H and O–H groups in total. The first-order valence-electron chi connectivity index (χ1n) is 10.7. The highest BCUT2D eigenvalue weighted by molar-refractivity contribution is 5.94. The smallest absolute Gasteiger partial charge is 0.243 e. The molecule has 2 aliphatic rings. The Kier molecular flexibility index (Phi) is 6.21. The van der Waals surface area contributed by atoms with Crippen molar-refractivity contribution in [3.63, 3.8) is 0 Å². The highest BCUT2D eigenvalue weighted by Gasteiger charge is 2.40. The van der Waals surface area contributed by atoms with Crippen LogP contribution in [0.1, 0.15) is 29.9 Å². The number of rotatable bonds is 6. The number of nitrogens with one attached hydrogen (secondary N) is 2. The number of hydrogen-bond acceptors (Lipinski definition) is 4. The van der Waals surface area contributed by atoms with E-state index in [2.05, 4.69) is 15.5 Å². The number of fused-ring (bicyclic) bond motifs is 1. The average molecular weight is 421 g/mol. The maximum Gasteiger partial charge on any atom is 0.243 e. The number of carbonyl (C=O) groups excluding carboxylic acids is 3. The van der Waals surface area contributed by atoms with Crippen molar-refractivity contribution in [2.45, 2.75) is 31.3 Å². The van der Waals surface area contributed by atoms with Gasteiger partial charge >= 0.3 is 0 Å². The molecule has 4 rings (SSSR count). The fraction of sp³-hybridized carbons (Fsp3) is 0.375. The molecular weight excluding hydrogens is 392 g/mol. The summed E-state index contributed by atoms with van der Waals surface area (Å²) >= 11 is 0. The standard InChI is InChI=1S/C24H28N4O3/c1-27-16-19(18-10-5-6-11-20(18)27)24(31)28-13-7-12-21(28)23(30)26-15-22(29)25-14-17-8-3-2-4-9-17/h2-6,8-11,19,21H,7,12-16H2,1H3,(H,25,29)(H,26,30). The number of benzene rings is 2. The van der Waals surface area contributed by atoms with Gasteiger partial charge in [-0.25, -0.2) is 0 Å². The zero-order chi connectivity index (χ0) is 21.8. The molecule has 2 heterocycles. The summed E-state index contributed by atoms with van der Waals surface area (Å²) in [6.45, 7) is 1.50. The molecule has 162 valence electrons. The molecule has 0 aromatic heterocycles. The number of nitrogens with zero attached hydrogens (tertiary/aromatic N) is 2. The van der Waals surface area contributed by atoms with Gasteiger partial charge in [0.2, 0.25) is 17.7 Å². The van der Waals surface area contributed by atoms with E-state index in [0.29, 0.717) is 26.1 Å². The van der Waals surface area contributed by atoms with Crippen LogP contribution in [0.15, 0.2) is 54.6 Å². The van der Waals surface area contributed by atoms with Gasteiger partial charge in [-0.2, -0.15) is 0 Å². The van der Waals surface area contributed by atoms with Crippen LogP contribution in [0.25, 0.3) is 0 Å². The first-order valence-corrected chi connectivity index (χ1v) is 10.7. The predicted molar refractivity (Wildman–Crippen MR) is 118 cm³/mol. The molecule has 3 amide bonds. The van der Waals surface area contributed by atoms with Crippen LogP contribution in [-0.2, 0) is 20.9 Å². The SMILES string of the molecule is CN1CC(C(=O)N2CCCC2C(=O)NCC(=O)NCc2ccccc2)c2ccccc21. The maximum atomic E-state index is 13.3. The van der Waals surface area contributed by atoms with Crippen molar-refractivity contribution in [2.75, 3.05) is 31.6 Å². The van der Waals surface area contributed by atoms with Crippen LogP contribution in [0.2, 0.25) is 0 Å². The molecule has 0 aliphatic carbocycles. The van der Waals surface area contributed by atoms with Crippen molar-refractivity contribution >= 4 is 23.4 Å². The molecule has 2 aliphatic heterocycles. The highest BCUT2D eigenvalue weighted by Crippen LogP contribution is 2.37. The summed E-state index contributed by atoms with van der Waals surface area (Å²) in [5.41, 5.74) is 3.08. The minimum absolute atomic E-state index is 0.0111. The molecule has 31 heavy (non-hydrogen) atoms. The molecule has 0 spiro atoms. The summed E-state index contributed by atoms with van der Waals surface area (Å²) in [5, 5.41) is 5.51. The lowest BCUT2D eigenvalue weighted by Gasteiger charge is -2.27. The van der Waals surface area contributed by atoms with Crippen molar-refractivity contribution in [1.82, 2.24) is 15.5 Å². The Hall–Kier alpha value is -3.35. The second-order valence-corrected chi connectivity index (χ2v) is 8.16. The Morgan fingerprint density at radius 1 is 1.00 bits per heavy atom. The van der Waals surface area contributed by atoms with Crippen molar-refractivity contribution in [1.29, 1.82) is 0 Å². The van der Waals surface area contributed by atoms with Crippen molar-refractivity contribution < 1.29 is 14.4 Å². The lowest BCUT2D eigenvalue weighted by Crippen LogP contribution is -2.49. The molecule has 0 radical (unpaired) electrons. The molecule has 7 nitrogen and oxygen atoms in total. The lowest BCUT2D eigenvalue weighted by molar-refractivity contribution is -0.139. The summed E-state index contributed by atoms with van der Waals surface area (Å²) in [6, 6.07) is 17.0. The van der Waals surface area contributed by atoms with Gasteiger partial charge in [0.1, 0.15) is 6.04 Å². The van der Waals surface area contributed by atoms with Gasteiger partial charge < -0.3 is 20.4 Å². The molecule has 2 aromatic carbocycles. The molecule has 2 unspecified atom stereocenters. The second kappa shape index (κ2) is 9.20. The summed E-state index contributed by atoms with van der Waals surface area (Å²) in [7, 11) is 1.98. The van der Waals surface area contributed by atoms with Gasteiger partial charge in [-0.3, -0.25) is 14.4 Å². The summed E-state index contributed by atoms with van der Waals surface area (Å²) in [6.07, 6.45) is 1.40.